The molecule has 120 valence electrons. The molecule has 4 N–H and O–H groups in total. The molecule has 2 heterocycles. The maximum atomic E-state index is 6.10. The fourth-order valence-corrected chi connectivity index (χ4v) is 2.06. The van der Waals surface area contributed by atoms with Gasteiger partial charge in [-0.05, 0) is 13.3 Å². The zero-order valence-electron chi connectivity index (χ0n) is 13.0. The smallest absolute Gasteiger partial charge is 0.155 e. The number of ether oxygens (including phenoxy) is 1. The van der Waals surface area contributed by atoms with Crippen LogP contribution in [0, 0.1) is 0 Å². The second kappa shape index (κ2) is 8.18. The van der Waals surface area contributed by atoms with Crippen molar-refractivity contribution in [3.63, 3.8) is 0 Å². The summed E-state index contributed by atoms with van der Waals surface area (Å²) in [7, 11) is 1.66. The van der Waals surface area contributed by atoms with Crippen LogP contribution in [0.1, 0.15) is 13.3 Å². The van der Waals surface area contributed by atoms with Gasteiger partial charge in [0.05, 0.1) is 12.9 Å². The molecule has 0 aliphatic carbocycles. The van der Waals surface area contributed by atoms with Crippen LogP contribution in [0.2, 0.25) is 0 Å². The number of nitrogen functional groups attached to an aromatic ring is 1. The molecule has 22 heavy (non-hydrogen) atoms. The van der Waals surface area contributed by atoms with Crippen LogP contribution < -0.4 is 16.4 Å². The van der Waals surface area contributed by atoms with Crippen molar-refractivity contribution < 1.29 is 4.74 Å². The second-order valence-corrected chi connectivity index (χ2v) is 5.07. The first-order valence-corrected chi connectivity index (χ1v) is 7.26. The Morgan fingerprint density at radius 2 is 2.18 bits per heavy atom. The molecule has 0 aromatic carbocycles. The third-order valence-electron chi connectivity index (χ3n) is 3.13. The highest BCUT2D eigenvalue weighted by molar-refractivity contribution is 5.74. The van der Waals surface area contributed by atoms with Gasteiger partial charge < -0.3 is 25.7 Å². The maximum absolute atomic E-state index is 6.10. The summed E-state index contributed by atoms with van der Waals surface area (Å²) >= 11 is 0. The predicted molar refractivity (Wildman–Crippen MR) is 86.7 cm³/mol. The van der Waals surface area contributed by atoms with Gasteiger partial charge in [0.25, 0.3) is 0 Å². The number of rotatable bonds is 9. The minimum atomic E-state index is 0.122. The van der Waals surface area contributed by atoms with E-state index in [4.69, 9.17) is 10.5 Å². The average molecular weight is 305 g/mol. The Bertz CT molecular complexity index is 558. The van der Waals surface area contributed by atoms with Gasteiger partial charge in [0.15, 0.2) is 11.6 Å². The Labute approximate surface area is 130 Å². The second-order valence-electron chi connectivity index (χ2n) is 5.07. The van der Waals surface area contributed by atoms with Crippen molar-refractivity contribution in [3.05, 3.63) is 25.0 Å². The molecule has 0 aliphatic heterocycles. The number of anilines is 3. The minimum Gasteiger partial charge on any atom is -0.393 e. The number of aryl methyl sites for hydroxylation is 1. The van der Waals surface area contributed by atoms with Gasteiger partial charge in [-0.1, -0.05) is 0 Å². The molecule has 8 heteroatoms. The van der Waals surface area contributed by atoms with E-state index in [0.29, 0.717) is 23.9 Å². The molecule has 0 saturated heterocycles. The third-order valence-corrected chi connectivity index (χ3v) is 3.13. The maximum Gasteiger partial charge on any atom is 0.155 e. The van der Waals surface area contributed by atoms with Gasteiger partial charge in [-0.3, -0.25) is 0 Å². The lowest BCUT2D eigenvalue weighted by atomic mass is 10.3. The van der Waals surface area contributed by atoms with Crippen LogP contribution in [0.5, 0.6) is 0 Å². The lowest BCUT2D eigenvalue weighted by molar-refractivity contribution is 0.190. The highest BCUT2D eigenvalue weighted by atomic mass is 16.5. The van der Waals surface area contributed by atoms with Gasteiger partial charge in [-0.2, -0.15) is 0 Å². The van der Waals surface area contributed by atoms with Crippen LogP contribution in [0.4, 0.5) is 17.3 Å². The standard InChI is InChI=1S/C14H23N7O/c1-11(8-22-2)20-14-12(15)13(18-9-19-14)17-4-3-6-21-7-5-16-10-21/h5,7,9-11H,3-4,6,8,15H2,1-2H3,(H2,17,18,19,20). The fourth-order valence-electron chi connectivity index (χ4n) is 2.06. The monoisotopic (exact) mass is 305 g/mol. The summed E-state index contributed by atoms with van der Waals surface area (Å²) in [5.41, 5.74) is 6.62. The molecule has 8 nitrogen and oxygen atoms in total. The lowest BCUT2D eigenvalue weighted by Gasteiger charge is -2.16. The number of hydrogen-bond donors (Lipinski definition) is 3. The zero-order valence-corrected chi connectivity index (χ0v) is 13.0. The normalized spacial score (nSPS) is 12.1. The van der Waals surface area contributed by atoms with E-state index < -0.39 is 0 Å². The largest absolute Gasteiger partial charge is 0.393 e. The van der Waals surface area contributed by atoms with Crippen LogP contribution in [0.15, 0.2) is 25.0 Å². The Balaban J connectivity index is 1.85. The molecule has 0 radical (unpaired) electrons. The van der Waals surface area contributed by atoms with Crippen molar-refractivity contribution in [2.24, 2.45) is 0 Å². The Morgan fingerprint density at radius 1 is 1.36 bits per heavy atom. The minimum absolute atomic E-state index is 0.122. The summed E-state index contributed by atoms with van der Waals surface area (Å²) in [6, 6.07) is 0.122. The summed E-state index contributed by atoms with van der Waals surface area (Å²) in [5.74, 6) is 1.27. The Kier molecular flexibility index (Phi) is 5.96. The number of hydrogen-bond acceptors (Lipinski definition) is 7. The average Bonchev–Trinajstić information content (AvgIpc) is 3.00. The molecule has 0 amide bonds. The number of methoxy groups -OCH3 is 1. The highest BCUT2D eigenvalue weighted by Crippen LogP contribution is 2.22. The molecule has 0 aliphatic rings. The summed E-state index contributed by atoms with van der Waals surface area (Å²) in [6.45, 7) is 4.25. The van der Waals surface area contributed by atoms with Gasteiger partial charge in [0.1, 0.15) is 12.0 Å². The van der Waals surface area contributed by atoms with Crippen molar-refractivity contribution in [3.8, 4) is 0 Å². The molecule has 2 aromatic heterocycles. The van der Waals surface area contributed by atoms with Crippen LogP contribution in [0.25, 0.3) is 0 Å². The van der Waals surface area contributed by atoms with E-state index in [0.717, 1.165) is 19.5 Å². The predicted octanol–water partition coefficient (Wildman–Crippen LogP) is 1.20. The van der Waals surface area contributed by atoms with Crippen molar-refractivity contribution in [1.29, 1.82) is 0 Å². The Hall–Kier alpha value is -2.35. The van der Waals surface area contributed by atoms with Gasteiger partial charge in [-0.25, -0.2) is 15.0 Å². The van der Waals surface area contributed by atoms with E-state index in [2.05, 4.69) is 25.6 Å². The number of nitrogens with zero attached hydrogens (tertiary/aromatic N) is 4. The summed E-state index contributed by atoms with van der Waals surface area (Å²) in [4.78, 5) is 12.4. The molecule has 1 atom stereocenters. The number of aromatic nitrogens is 4. The number of nitrogens with two attached hydrogens (primary N) is 1. The summed E-state index contributed by atoms with van der Waals surface area (Å²) in [5, 5.41) is 6.45. The van der Waals surface area contributed by atoms with Gasteiger partial charge in [-0.15, -0.1) is 0 Å². The molecule has 0 saturated carbocycles. The van der Waals surface area contributed by atoms with Gasteiger partial charge >= 0.3 is 0 Å². The molecule has 0 fully saturated rings. The van der Waals surface area contributed by atoms with Crippen molar-refractivity contribution in [2.45, 2.75) is 25.9 Å². The topological polar surface area (TPSA) is 103 Å². The first-order valence-electron chi connectivity index (χ1n) is 7.26. The third kappa shape index (κ3) is 4.59. The molecule has 2 aromatic rings. The van der Waals surface area contributed by atoms with E-state index in [9.17, 15) is 0 Å². The molecular formula is C14H23N7O. The van der Waals surface area contributed by atoms with Gasteiger partial charge in [0, 0.05) is 38.6 Å². The van der Waals surface area contributed by atoms with E-state index in [1.807, 2.05) is 17.7 Å². The summed E-state index contributed by atoms with van der Waals surface area (Å²) in [6.07, 6.45) is 7.96. The molecule has 0 bridgehead atoms. The quantitative estimate of drug-likeness (QED) is 0.598. The summed E-state index contributed by atoms with van der Waals surface area (Å²) < 4.78 is 7.12. The first kappa shape index (κ1) is 16.0. The zero-order chi connectivity index (χ0) is 15.8. The van der Waals surface area contributed by atoms with Crippen LogP contribution in [-0.2, 0) is 11.3 Å². The van der Waals surface area contributed by atoms with E-state index in [1.165, 1.54) is 6.33 Å². The number of imidazole rings is 1. The van der Waals surface area contributed by atoms with E-state index in [-0.39, 0.29) is 6.04 Å². The molecule has 2 rings (SSSR count). The number of nitrogens with one attached hydrogen (secondary N) is 2. The van der Waals surface area contributed by atoms with Crippen molar-refractivity contribution >= 4 is 17.3 Å². The van der Waals surface area contributed by atoms with E-state index >= 15 is 0 Å². The van der Waals surface area contributed by atoms with Crippen LogP contribution in [0.3, 0.4) is 0 Å². The van der Waals surface area contributed by atoms with Gasteiger partial charge in [0.2, 0.25) is 0 Å². The SMILES string of the molecule is COCC(C)Nc1ncnc(NCCCn2ccnc2)c1N. The molecule has 1 unspecified atom stereocenters. The van der Waals surface area contributed by atoms with Crippen LogP contribution >= 0.6 is 0 Å². The van der Waals surface area contributed by atoms with E-state index in [1.54, 1.807) is 19.6 Å². The Morgan fingerprint density at radius 3 is 2.91 bits per heavy atom. The lowest BCUT2D eigenvalue weighted by Crippen LogP contribution is -2.22. The van der Waals surface area contributed by atoms with Crippen molar-refractivity contribution in [1.82, 2.24) is 19.5 Å². The highest BCUT2D eigenvalue weighted by Gasteiger charge is 2.10. The molecule has 0 spiro atoms. The van der Waals surface area contributed by atoms with Crippen molar-refractivity contribution in [2.75, 3.05) is 36.6 Å². The fraction of sp³-hybridized carbons (Fsp3) is 0.500. The van der Waals surface area contributed by atoms with Crippen LogP contribution in [-0.4, -0.2) is 45.8 Å². The first-order chi connectivity index (χ1) is 10.7. The molecular weight excluding hydrogens is 282 g/mol.